The van der Waals surface area contributed by atoms with Crippen molar-refractivity contribution in [2.75, 3.05) is 5.32 Å². The van der Waals surface area contributed by atoms with Crippen LogP contribution in [0.3, 0.4) is 0 Å². The maximum Gasteiger partial charge on any atom is 0.322 e. The van der Waals surface area contributed by atoms with E-state index >= 15 is 0 Å². The minimum absolute atomic E-state index is 0.00827. The zero-order chi connectivity index (χ0) is 13.0. The van der Waals surface area contributed by atoms with Gasteiger partial charge in [-0.1, -0.05) is 12.2 Å². The molecule has 0 bridgehead atoms. The Balaban J connectivity index is 2.07. The van der Waals surface area contributed by atoms with Gasteiger partial charge in [0.05, 0.1) is 6.10 Å². The van der Waals surface area contributed by atoms with Crippen molar-refractivity contribution in [1.82, 2.24) is 15.0 Å². The molecule has 0 saturated heterocycles. The molecule has 0 fully saturated rings. The van der Waals surface area contributed by atoms with E-state index in [-0.39, 0.29) is 17.4 Å². The predicted molar refractivity (Wildman–Crippen MR) is 71.0 cm³/mol. The van der Waals surface area contributed by atoms with Crippen molar-refractivity contribution in [2.45, 2.75) is 45.3 Å². The molecule has 1 N–H and O–H groups in total. The Bertz CT molecular complexity index is 436. The first-order chi connectivity index (χ1) is 8.63. The summed E-state index contributed by atoms with van der Waals surface area (Å²) in [5, 5.41) is 3.41. The number of hydrogen-bond donors (Lipinski definition) is 1. The molecular formula is C12H17ClN4O. The molecule has 0 aromatic carbocycles. The van der Waals surface area contributed by atoms with Crippen LogP contribution in [0.1, 0.15) is 33.1 Å². The van der Waals surface area contributed by atoms with Gasteiger partial charge in [0.25, 0.3) is 0 Å². The Hall–Kier alpha value is -1.36. The Morgan fingerprint density at radius 3 is 2.83 bits per heavy atom. The van der Waals surface area contributed by atoms with Gasteiger partial charge in [-0.3, -0.25) is 0 Å². The van der Waals surface area contributed by atoms with Crippen molar-refractivity contribution in [1.29, 1.82) is 0 Å². The molecule has 1 atom stereocenters. The van der Waals surface area contributed by atoms with Crippen molar-refractivity contribution < 1.29 is 4.74 Å². The van der Waals surface area contributed by atoms with Crippen LogP contribution < -0.4 is 10.1 Å². The lowest BCUT2D eigenvalue weighted by Crippen LogP contribution is -2.22. The first-order valence-electron chi connectivity index (χ1n) is 6.13. The fraction of sp³-hybridized carbons (Fsp3) is 0.583. The largest absolute Gasteiger partial charge is 0.461 e. The third-order valence-corrected chi connectivity index (χ3v) is 2.70. The summed E-state index contributed by atoms with van der Waals surface area (Å²) in [6, 6.07) is 0.610. The molecule has 18 heavy (non-hydrogen) atoms. The number of anilines is 1. The van der Waals surface area contributed by atoms with E-state index in [1.165, 1.54) is 0 Å². The first-order valence-corrected chi connectivity index (χ1v) is 6.51. The SMILES string of the molecule is CC(C)Oc1nc(Cl)nc(NC2CC=CCC2)n1. The molecule has 2 rings (SSSR count). The highest BCUT2D eigenvalue weighted by Gasteiger charge is 2.13. The predicted octanol–water partition coefficient (Wildman–Crippen LogP) is 2.83. The summed E-state index contributed by atoms with van der Waals surface area (Å²) in [6.45, 7) is 3.83. The van der Waals surface area contributed by atoms with Crippen molar-refractivity contribution in [3.8, 4) is 6.01 Å². The summed E-state index contributed by atoms with van der Waals surface area (Å²) < 4.78 is 5.42. The Morgan fingerprint density at radius 2 is 2.17 bits per heavy atom. The summed E-state index contributed by atoms with van der Waals surface area (Å²) in [7, 11) is 0. The van der Waals surface area contributed by atoms with Gasteiger partial charge < -0.3 is 10.1 Å². The van der Waals surface area contributed by atoms with E-state index in [2.05, 4.69) is 32.4 Å². The van der Waals surface area contributed by atoms with Gasteiger partial charge in [0.15, 0.2) is 0 Å². The van der Waals surface area contributed by atoms with Gasteiger partial charge >= 0.3 is 6.01 Å². The molecule has 1 aliphatic rings. The van der Waals surface area contributed by atoms with Crippen molar-refractivity contribution in [3.05, 3.63) is 17.4 Å². The average molecular weight is 269 g/mol. The summed E-state index contributed by atoms with van der Waals surface area (Å²) in [4.78, 5) is 12.2. The summed E-state index contributed by atoms with van der Waals surface area (Å²) in [6.07, 6.45) is 7.48. The van der Waals surface area contributed by atoms with Gasteiger partial charge in [0, 0.05) is 6.04 Å². The maximum atomic E-state index is 5.85. The number of nitrogens with one attached hydrogen (secondary N) is 1. The first kappa shape index (κ1) is 13.1. The van der Waals surface area contributed by atoms with E-state index in [1.54, 1.807) is 0 Å². The summed E-state index contributed by atoms with van der Waals surface area (Å²) in [5.41, 5.74) is 0. The van der Waals surface area contributed by atoms with Gasteiger partial charge in [0.1, 0.15) is 0 Å². The van der Waals surface area contributed by atoms with Crippen LogP contribution in [0, 0.1) is 0 Å². The number of allylic oxidation sites excluding steroid dienone is 1. The zero-order valence-corrected chi connectivity index (χ0v) is 11.3. The number of hydrogen-bond acceptors (Lipinski definition) is 5. The fourth-order valence-corrected chi connectivity index (χ4v) is 1.92. The maximum absolute atomic E-state index is 5.85. The molecule has 0 aliphatic heterocycles. The van der Waals surface area contributed by atoms with Crippen LogP contribution in [0.4, 0.5) is 5.95 Å². The van der Waals surface area contributed by atoms with Crippen LogP contribution in [0.25, 0.3) is 0 Å². The lowest BCUT2D eigenvalue weighted by atomic mass is 10.0. The number of aromatic nitrogens is 3. The lowest BCUT2D eigenvalue weighted by Gasteiger charge is -2.19. The van der Waals surface area contributed by atoms with E-state index in [0.717, 1.165) is 19.3 Å². The average Bonchev–Trinajstić information content (AvgIpc) is 2.28. The molecule has 1 heterocycles. The van der Waals surface area contributed by atoms with Gasteiger partial charge in [-0.05, 0) is 44.7 Å². The Labute approximate surface area is 112 Å². The number of rotatable bonds is 4. The highest BCUT2D eigenvalue weighted by molar-refractivity contribution is 6.28. The molecule has 5 nitrogen and oxygen atoms in total. The molecule has 0 radical (unpaired) electrons. The third-order valence-electron chi connectivity index (χ3n) is 2.53. The van der Waals surface area contributed by atoms with Gasteiger partial charge in [-0.2, -0.15) is 15.0 Å². The number of nitrogens with zero attached hydrogens (tertiary/aromatic N) is 3. The van der Waals surface area contributed by atoms with E-state index < -0.39 is 0 Å². The molecule has 0 spiro atoms. The Morgan fingerprint density at radius 1 is 1.33 bits per heavy atom. The summed E-state index contributed by atoms with van der Waals surface area (Å²) >= 11 is 5.85. The van der Waals surface area contributed by atoms with E-state index in [0.29, 0.717) is 12.0 Å². The highest BCUT2D eigenvalue weighted by atomic mass is 35.5. The Kier molecular flexibility index (Phi) is 4.36. The standard InChI is InChI=1S/C12H17ClN4O/c1-8(2)18-12-16-10(13)15-11(17-12)14-9-6-4-3-5-7-9/h3-4,8-9H,5-7H2,1-2H3,(H,14,15,16,17). The van der Waals surface area contributed by atoms with Crippen LogP contribution in [0.2, 0.25) is 5.28 Å². The van der Waals surface area contributed by atoms with Crippen LogP contribution >= 0.6 is 11.6 Å². The molecule has 1 aromatic heterocycles. The van der Waals surface area contributed by atoms with Gasteiger partial charge in [-0.15, -0.1) is 0 Å². The van der Waals surface area contributed by atoms with Crippen molar-refractivity contribution in [2.24, 2.45) is 0 Å². The zero-order valence-electron chi connectivity index (χ0n) is 10.6. The highest BCUT2D eigenvalue weighted by Crippen LogP contribution is 2.17. The number of halogens is 1. The summed E-state index contributed by atoms with van der Waals surface area (Å²) in [5.74, 6) is 0.478. The van der Waals surface area contributed by atoms with Gasteiger partial charge in [0.2, 0.25) is 11.2 Å². The van der Waals surface area contributed by atoms with E-state index in [1.807, 2.05) is 13.8 Å². The number of ether oxygens (including phenoxy) is 1. The second-order valence-electron chi connectivity index (χ2n) is 4.50. The van der Waals surface area contributed by atoms with Crippen molar-refractivity contribution >= 4 is 17.5 Å². The quantitative estimate of drug-likeness (QED) is 0.851. The van der Waals surface area contributed by atoms with E-state index in [4.69, 9.17) is 16.3 Å². The minimum Gasteiger partial charge on any atom is -0.461 e. The molecule has 0 amide bonds. The normalized spacial score (nSPS) is 19.0. The van der Waals surface area contributed by atoms with E-state index in [9.17, 15) is 0 Å². The topological polar surface area (TPSA) is 59.9 Å². The van der Waals surface area contributed by atoms with Crippen LogP contribution in [0.5, 0.6) is 6.01 Å². The smallest absolute Gasteiger partial charge is 0.322 e. The second kappa shape index (κ2) is 6.00. The second-order valence-corrected chi connectivity index (χ2v) is 4.84. The van der Waals surface area contributed by atoms with Crippen LogP contribution in [0.15, 0.2) is 12.2 Å². The lowest BCUT2D eigenvalue weighted by molar-refractivity contribution is 0.222. The van der Waals surface area contributed by atoms with Crippen LogP contribution in [-0.2, 0) is 0 Å². The third kappa shape index (κ3) is 3.84. The molecule has 98 valence electrons. The van der Waals surface area contributed by atoms with Crippen LogP contribution in [-0.4, -0.2) is 27.1 Å². The molecule has 6 heteroatoms. The molecule has 1 unspecified atom stereocenters. The molecular weight excluding hydrogens is 252 g/mol. The van der Waals surface area contributed by atoms with Crippen molar-refractivity contribution in [3.63, 3.8) is 0 Å². The minimum atomic E-state index is 0.00827. The van der Waals surface area contributed by atoms with Gasteiger partial charge in [-0.25, -0.2) is 0 Å². The molecule has 1 aliphatic carbocycles. The molecule has 0 saturated carbocycles. The monoisotopic (exact) mass is 268 g/mol. The fourth-order valence-electron chi connectivity index (χ4n) is 1.77. The molecule has 1 aromatic rings.